The van der Waals surface area contributed by atoms with Crippen LogP contribution >= 0.6 is 0 Å². The van der Waals surface area contributed by atoms with Crippen molar-refractivity contribution >= 4 is 13.1 Å². The standard InChI is InChI=1S/C13H17BN2O3/c1-15(19-2)13(17)11-3-4-12-8-16(9-14-18)6-5-10(12)7-11/h3-4,7H,5-6,8-9H2,1-2H3. The maximum atomic E-state index is 12.0. The number of amides is 1. The zero-order valence-electron chi connectivity index (χ0n) is 11.3. The number of rotatable bonds is 4. The number of carbonyl (C=O) groups is 1. The SMILES string of the molecule is CON(C)C(=O)c1ccc2c(c1)CCN(CB=O)C2. The van der Waals surface area contributed by atoms with Crippen LogP contribution in [-0.2, 0) is 22.5 Å². The Bertz CT molecular complexity index is 493. The molecular weight excluding hydrogens is 243 g/mol. The number of nitrogens with zero attached hydrogens (tertiary/aromatic N) is 2. The van der Waals surface area contributed by atoms with E-state index in [-0.39, 0.29) is 5.91 Å². The van der Waals surface area contributed by atoms with Crippen molar-refractivity contribution in [2.75, 3.05) is 27.1 Å². The molecule has 0 aromatic heterocycles. The molecule has 19 heavy (non-hydrogen) atoms. The Balaban J connectivity index is 2.17. The first kappa shape index (κ1) is 13.9. The fraction of sp³-hybridized carbons (Fsp3) is 0.462. The van der Waals surface area contributed by atoms with Gasteiger partial charge in [0.05, 0.1) is 0 Å². The van der Waals surface area contributed by atoms with E-state index in [1.807, 2.05) is 12.1 Å². The second-order valence-electron chi connectivity index (χ2n) is 4.62. The van der Waals surface area contributed by atoms with Gasteiger partial charge in [0.25, 0.3) is 0 Å². The van der Waals surface area contributed by atoms with Gasteiger partial charge in [-0.15, -0.1) is 0 Å². The molecule has 1 aliphatic rings. The summed E-state index contributed by atoms with van der Waals surface area (Å²) in [6.45, 7) is 1.62. The molecule has 0 spiro atoms. The van der Waals surface area contributed by atoms with E-state index in [2.05, 4.69) is 4.90 Å². The van der Waals surface area contributed by atoms with E-state index in [1.165, 1.54) is 23.3 Å². The van der Waals surface area contributed by atoms with Crippen molar-refractivity contribution in [2.24, 2.45) is 0 Å². The number of carbonyl (C=O) groups excluding carboxylic acids is 1. The topological polar surface area (TPSA) is 49.9 Å². The number of fused-ring (bicyclic) bond motifs is 1. The van der Waals surface area contributed by atoms with Crippen molar-refractivity contribution < 1.29 is 14.3 Å². The number of hydroxylamine groups is 2. The van der Waals surface area contributed by atoms with Crippen molar-refractivity contribution in [1.82, 2.24) is 9.96 Å². The summed E-state index contributed by atoms with van der Waals surface area (Å²) in [6, 6.07) is 5.69. The Labute approximate surface area is 113 Å². The van der Waals surface area contributed by atoms with Crippen LogP contribution in [0.2, 0.25) is 0 Å². The van der Waals surface area contributed by atoms with Crippen LogP contribution in [0.5, 0.6) is 0 Å². The maximum absolute atomic E-state index is 12.0. The molecule has 6 heteroatoms. The van der Waals surface area contributed by atoms with Gasteiger partial charge in [-0.2, -0.15) is 0 Å². The van der Waals surface area contributed by atoms with Gasteiger partial charge in [0.15, 0.2) is 0 Å². The second-order valence-corrected chi connectivity index (χ2v) is 4.62. The van der Waals surface area contributed by atoms with Gasteiger partial charge >= 0.3 is 112 Å². The number of benzene rings is 1. The molecule has 1 aromatic carbocycles. The molecule has 0 aliphatic carbocycles. The molecule has 100 valence electrons. The number of hydrogen-bond acceptors (Lipinski definition) is 4. The van der Waals surface area contributed by atoms with Gasteiger partial charge in [0, 0.05) is 0 Å². The van der Waals surface area contributed by atoms with E-state index >= 15 is 0 Å². The average Bonchev–Trinajstić information content (AvgIpc) is 2.45. The molecule has 1 aliphatic heterocycles. The van der Waals surface area contributed by atoms with Crippen molar-refractivity contribution in [3.05, 3.63) is 34.9 Å². The van der Waals surface area contributed by atoms with Crippen LogP contribution in [0.15, 0.2) is 18.2 Å². The molecule has 5 nitrogen and oxygen atoms in total. The molecule has 0 saturated heterocycles. The summed E-state index contributed by atoms with van der Waals surface area (Å²) in [4.78, 5) is 19.0. The summed E-state index contributed by atoms with van der Waals surface area (Å²) < 4.78 is 10.5. The van der Waals surface area contributed by atoms with E-state index in [0.717, 1.165) is 26.7 Å². The molecule has 0 bridgehead atoms. The Morgan fingerprint density at radius 3 is 2.95 bits per heavy atom. The Morgan fingerprint density at radius 1 is 1.47 bits per heavy atom. The third kappa shape index (κ3) is 3.08. The van der Waals surface area contributed by atoms with Gasteiger partial charge < -0.3 is 0 Å². The molecule has 0 radical (unpaired) electrons. The van der Waals surface area contributed by atoms with E-state index in [0.29, 0.717) is 12.0 Å². The molecule has 2 rings (SSSR count). The van der Waals surface area contributed by atoms with Crippen molar-refractivity contribution in [1.29, 1.82) is 0 Å². The van der Waals surface area contributed by atoms with E-state index in [9.17, 15) is 9.50 Å². The van der Waals surface area contributed by atoms with Crippen LogP contribution in [0.1, 0.15) is 21.5 Å². The third-order valence-corrected chi connectivity index (χ3v) is 3.44. The zero-order chi connectivity index (χ0) is 13.8. The molecule has 0 unspecified atom stereocenters. The summed E-state index contributed by atoms with van der Waals surface area (Å²) in [5.41, 5.74) is 2.99. The molecule has 0 N–H and O–H groups in total. The van der Waals surface area contributed by atoms with Crippen LogP contribution in [0, 0.1) is 0 Å². The van der Waals surface area contributed by atoms with E-state index in [1.54, 1.807) is 13.1 Å². The second kappa shape index (κ2) is 6.08. The average molecular weight is 260 g/mol. The normalized spacial score (nSPS) is 14.6. The monoisotopic (exact) mass is 260 g/mol. The minimum atomic E-state index is -0.152. The van der Waals surface area contributed by atoms with E-state index in [4.69, 9.17) is 4.84 Å². The van der Waals surface area contributed by atoms with Crippen molar-refractivity contribution in [3.8, 4) is 0 Å². The first-order chi connectivity index (χ1) is 9.15. The van der Waals surface area contributed by atoms with Crippen LogP contribution in [0.25, 0.3) is 0 Å². The molecule has 1 amide bonds. The summed E-state index contributed by atoms with van der Waals surface area (Å²) >= 11 is 0. The molecule has 0 atom stereocenters. The number of hydrogen-bond donors (Lipinski definition) is 0. The molecular formula is C13H17BN2O3. The van der Waals surface area contributed by atoms with Gasteiger partial charge in [0.2, 0.25) is 0 Å². The molecule has 0 fully saturated rings. The van der Waals surface area contributed by atoms with Gasteiger partial charge in [-0.3, -0.25) is 0 Å². The predicted molar refractivity (Wildman–Crippen MR) is 71.0 cm³/mol. The summed E-state index contributed by atoms with van der Waals surface area (Å²) in [6.07, 6.45) is 1.33. The summed E-state index contributed by atoms with van der Waals surface area (Å²) in [5.74, 6) is -0.152. The Hall–Kier alpha value is -1.53. The first-order valence-electron chi connectivity index (χ1n) is 6.25. The van der Waals surface area contributed by atoms with Crippen molar-refractivity contribution in [2.45, 2.75) is 13.0 Å². The van der Waals surface area contributed by atoms with Crippen LogP contribution in [0.3, 0.4) is 0 Å². The Kier molecular flexibility index (Phi) is 4.45. The molecule has 1 aromatic rings. The quantitative estimate of drug-likeness (QED) is 0.590. The molecule has 1 heterocycles. The van der Waals surface area contributed by atoms with Crippen molar-refractivity contribution in [3.63, 3.8) is 0 Å². The predicted octanol–water partition coefficient (Wildman–Crippen LogP) is 0.685. The molecule has 0 saturated carbocycles. The Morgan fingerprint density at radius 2 is 2.26 bits per heavy atom. The fourth-order valence-electron chi connectivity index (χ4n) is 2.27. The summed E-state index contributed by atoms with van der Waals surface area (Å²) in [7, 11) is 3.98. The summed E-state index contributed by atoms with van der Waals surface area (Å²) in [5, 5.41) is 1.21. The van der Waals surface area contributed by atoms with Gasteiger partial charge in [-0.05, 0) is 0 Å². The van der Waals surface area contributed by atoms with Crippen LogP contribution < -0.4 is 0 Å². The minimum absolute atomic E-state index is 0.152. The third-order valence-electron chi connectivity index (χ3n) is 3.44. The van der Waals surface area contributed by atoms with Gasteiger partial charge in [-0.25, -0.2) is 0 Å². The van der Waals surface area contributed by atoms with E-state index < -0.39 is 0 Å². The van der Waals surface area contributed by atoms with Gasteiger partial charge in [-0.1, -0.05) is 0 Å². The van der Waals surface area contributed by atoms with Gasteiger partial charge in [0.1, 0.15) is 0 Å². The fourth-order valence-corrected chi connectivity index (χ4v) is 2.27. The zero-order valence-corrected chi connectivity index (χ0v) is 11.3. The van der Waals surface area contributed by atoms with Crippen LogP contribution in [-0.4, -0.2) is 50.2 Å². The van der Waals surface area contributed by atoms with Crippen LogP contribution in [0.4, 0.5) is 0 Å². The first-order valence-corrected chi connectivity index (χ1v) is 6.25.